The first-order chi connectivity index (χ1) is 30.2. The molecule has 3 N–H and O–H groups in total. The monoisotopic (exact) mass is 862 g/mol. The van der Waals surface area contributed by atoms with E-state index in [0.717, 1.165) is 25.7 Å². The number of nitrogens with one attached hydrogen (secondary N) is 1. The first-order valence-corrected chi connectivity index (χ1v) is 28.7. The minimum Gasteiger partial charge on any atom is -0.394 e. The Balaban J connectivity index is 3.33. The third-order valence-electron chi connectivity index (χ3n) is 13.9. The standard InChI is InChI=1S/C57H115NO3/c1-3-5-7-9-11-13-15-17-19-20-21-22-23-24-25-26-27-28-29-30-31-32-33-34-35-36-37-38-39-41-43-45-47-49-51-53-57(61)58-55(54-59)56(60)52-50-48-46-44-42-40-18-16-14-12-10-8-6-4-2/h55-56,59-60H,3-54H2,1-2H3,(H,58,61). The summed E-state index contributed by atoms with van der Waals surface area (Å²) in [4.78, 5) is 12.5. The largest absolute Gasteiger partial charge is 0.394 e. The van der Waals surface area contributed by atoms with Gasteiger partial charge in [-0.2, -0.15) is 0 Å². The van der Waals surface area contributed by atoms with E-state index in [4.69, 9.17) is 0 Å². The lowest BCUT2D eigenvalue weighted by atomic mass is 10.0. The highest BCUT2D eigenvalue weighted by Gasteiger charge is 2.20. The summed E-state index contributed by atoms with van der Waals surface area (Å²) in [7, 11) is 0. The number of aliphatic hydroxyl groups excluding tert-OH is 2. The van der Waals surface area contributed by atoms with E-state index < -0.39 is 12.1 Å². The molecule has 0 heterocycles. The molecular formula is C57H115NO3. The number of carbonyl (C=O) groups is 1. The number of carbonyl (C=O) groups excluding carboxylic acids is 1. The molecule has 0 rings (SSSR count). The highest BCUT2D eigenvalue weighted by molar-refractivity contribution is 5.76. The van der Waals surface area contributed by atoms with Crippen molar-refractivity contribution in [3.63, 3.8) is 0 Å². The molecule has 0 spiro atoms. The van der Waals surface area contributed by atoms with Crippen molar-refractivity contribution in [3.8, 4) is 0 Å². The molecule has 0 aromatic carbocycles. The van der Waals surface area contributed by atoms with Crippen LogP contribution in [0.5, 0.6) is 0 Å². The molecule has 0 aliphatic heterocycles. The molecule has 4 heteroatoms. The van der Waals surface area contributed by atoms with Gasteiger partial charge >= 0.3 is 0 Å². The quantitative estimate of drug-likeness (QED) is 0.0534. The fourth-order valence-electron chi connectivity index (χ4n) is 9.48. The highest BCUT2D eigenvalue weighted by atomic mass is 16.3. The van der Waals surface area contributed by atoms with Crippen LogP contribution < -0.4 is 5.32 Å². The van der Waals surface area contributed by atoms with Gasteiger partial charge in [0.05, 0.1) is 18.8 Å². The summed E-state index contributed by atoms with van der Waals surface area (Å²) in [5, 5.41) is 23.3. The maximum Gasteiger partial charge on any atom is 0.220 e. The number of hydrogen-bond acceptors (Lipinski definition) is 3. The molecule has 0 aromatic heterocycles. The maximum absolute atomic E-state index is 12.5. The summed E-state index contributed by atoms with van der Waals surface area (Å²) in [5.41, 5.74) is 0. The fourth-order valence-corrected chi connectivity index (χ4v) is 9.48. The minimum atomic E-state index is -0.654. The van der Waals surface area contributed by atoms with E-state index in [9.17, 15) is 15.0 Å². The van der Waals surface area contributed by atoms with Crippen molar-refractivity contribution in [2.45, 2.75) is 353 Å². The molecule has 0 aromatic rings. The zero-order valence-electron chi connectivity index (χ0n) is 42.2. The summed E-state index contributed by atoms with van der Waals surface area (Å²) in [6, 6.07) is -0.530. The summed E-state index contributed by atoms with van der Waals surface area (Å²) in [5.74, 6) is -0.0231. The van der Waals surface area contributed by atoms with Gasteiger partial charge < -0.3 is 15.5 Å². The molecule has 0 radical (unpaired) electrons. The molecule has 61 heavy (non-hydrogen) atoms. The maximum atomic E-state index is 12.5. The predicted molar refractivity (Wildman–Crippen MR) is 272 cm³/mol. The fraction of sp³-hybridized carbons (Fsp3) is 0.982. The van der Waals surface area contributed by atoms with E-state index in [0.29, 0.717) is 12.8 Å². The first kappa shape index (κ1) is 60.4. The second-order valence-electron chi connectivity index (χ2n) is 20.1. The molecule has 2 unspecified atom stereocenters. The molecule has 4 nitrogen and oxygen atoms in total. The Hall–Kier alpha value is -0.610. The van der Waals surface area contributed by atoms with Gasteiger partial charge in [-0.3, -0.25) is 4.79 Å². The van der Waals surface area contributed by atoms with Gasteiger partial charge in [0.25, 0.3) is 0 Å². The van der Waals surface area contributed by atoms with Gasteiger partial charge in [0.1, 0.15) is 0 Å². The van der Waals surface area contributed by atoms with Crippen LogP contribution in [0, 0.1) is 0 Å². The Morgan fingerprint density at radius 2 is 0.525 bits per heavy atom. The SMILES string of the molecule is CCCCCCCCCCCCCCCCCCCCCCCCCCCCCCCCCCCCCC(=O)NC(CO)C(O)CCCCCCCCCCCCCCCC. The Morgan fingerprint density at radius 3 is 0.738 bits per heavy atom. The summed E-state index contributed by atoms with van der Waals surface area (Å²) >= 11 is 0. The second kappa shape index (κ2) is 53.7. The summed E-state index contributed by atoms with van der Waals surface area (Å²) < 4.78 is 0. The predicted octanol–water partition coefficient (Wildman–Crippen LogP) is 18.8. The Morgan fingerprint density at radius 1 is 0.328 bits per heavy atom. The van der Waals surface area contributed by atoms with Gasteiger partial charge in [-0.1, -0.05) is 322 Å². The Labute approximate surface area is 384 Å². The zero-order chi connectivity index (χ0) is 44.2. The number of hydrogen-bond donors (Lipinski definition) is 3. The lowest BCUT2D eigenvalue weighted by Crippen LogP contribution is -2.45. The van der Waals surface area contributed by atoms with E-state index in [1.807, 2.05) is 0 Å². The lowest BCUT2D eigenvalue weighted by Gasteiger charge is -2.22. The smallest absolute Gasteiger partial charge is 0.220 e. The van der Waals surface area contributed by atoms with E-state index in [1.54, 1.807) is 0 Å². The number of rotatable bonds is 54. The van der Waals surface area contributed by atoms with Crippen molar-refractivity contribution in [1.29, 1.82) is 0 Å². The van der Waals surface area contributed by atoms with E-state index in [2.05, 4.69) is 19.2 Å². The Bertz CT molecular complexity index is 803. The summed E-state index contributed by atoms with van der Waals surface area (Å²) in [6.45, 7) is 4.40. The van der Waals surface area contributed by atoms with Crippen molar-refractivity contribution < 1.29 is 15.0 Å². The zero-order valence-corrected chi connectivity index (χ0v) is 42.2. The van der Waals surface area contributed by atoms with Gasteiger partial charge in [-0.25, -0.2) is 0 Å². The number of aliphatic hydroxyl groups is 2. The van der Waals surface area contributed by atoms with Crippen LogP contribution >= 0.6 is 0 Å². The van der Waals surface area contributed by atoms with Crippen molar-refractivity contribution in [2.24, 2.45) is 0 Å². The lowest BCUT2D eigenvalue weighted by molar-refractivity contribution is -0.123. The molecule has 0 aliphatic carbocycles. The molecule has 2 atom stereocenters. The number of unbranched alkanes of at least 4 members (excludes halogenated alkanes) is 47. The Kier molecular flexibility index (Phi) is 53.2. The van der Waals surface area contributed by atoms with E-state index in [-0.39, 0.29) is 12.5 Å². The topological polar surface area (TPSA) is 69.6 Å². The van der Waals surface area contributed by atoms with Gasteiger partial charge in [0.2, 0.25) is 5.91 Å². The molecule has 366 valence electrons. The molecular weight excluding hydrogens is 747 g/mol. The van der Waals surface area contributed by atoms with Crippen molar-refractivity contribution in [2.75, 3.05) is 6.61 Å². The molecule has 1 amide bonds. The molecule has 0 saturated heterocycles. The average molecular weight is 863 g/mol. The van der Waals surface area contributed by atoms with Crippen LogP contribution in [0.3, 0.4) is 0 Å². The second-order valence-corrected chi connectivity index (χ2v) is 20.1. The van der Waals surface area contributed by atoms with E-state index in [1.165, 1.54) is 289 Å². The van der Waals surface area contributed by atoms with Crippen LogP contribution in [0.2, 0.25) is 0 Å². The van der Waals surface area contributed by atoms with Crippen LogP contribution in [-0.2, 0) is 4.79 Å². The first-order valence-electron chi connectivity index (χ1n) is 28.7. The van der Waals surface area contributed by atoms with Crippen LogP contribution in [0.15, 0.2) is 0 Å². The molecule has 0 aliphatic rings. The number of amides is 1. The van der Waals surface area contributed by atoms with Crippen LogP contribution in [-0.4, -0.2) is 34.9 Å². The third kappa shape index (κ3) is 50.3. The van der Waals surface area contributed by atoms with Gasteiger partial charge in [0, 0.05) is 6.42 Å². The van der Waals surface area contributed by atoms with Crippen LogP contribution in [0.4, 0.5) is 0 Å². The van der Waals surface area contributed by atoms with Gasteiger partial charge in [-0.05, 0) is 12.8 Å². The van der Waals surface area contributed by atoms with Gasteiger partial charge in [-0.15, -0.1) is 0 Å². The van der Waals surface area contributed by atoms with Crippen LogP contribution in [0.1, 0.15) is 341 Å². The van der Waals surface area contributed by atoms with Crippen LogP contribution in [0.25, 0.3) is 0 Å². The highest BCUT2D eigenvalue weighted by Crippen LogP contribution is 2.19. The van der Waals surface area contributed by atoms with Crippen molar-refractivity contribution in [3.05, 3.63) is 0 Å². The van der Waals surface area contributed by atoms with Crippen molar-refractivity contribution >= 4 is 5.91 Å². The van der Waals surface area contributed by atoms with Gasteiger partial charge in [0.15, 0.2) is 0 Å². The van der Waals surface area contributed by atoms with Crippen molar-refractivity contribution in [1.82, 2.24) is 5.32 Å². The minimum absolute atomic E-state index is 0.0231. The van der Waals surface area contributed by atoms with E-state index >= 15 is 0 Å². The molecule has 0 saturated carbocycles. The summed E-state index contributed by atoms with van der Waals surface area (Å²) in [6.07, 6.45) is 68.3. The molecule has 0 bridgehead atoms. The normalized spacial score (nSPS) is 12.7. The molecule has 0 fully saturated rings. The average Bonchev–Trinajstić information content (AvgIpc) is 3.26. The third-order valence-corrected chi connectivity index (χ3v) is 13.9.